The molecule has 0 unspecified atom stereocenters. The molecule has 0 aromatic carbocycles. The lowest BCUT2D eigenvalue weighted by molar-refractivity contribution is -0.132. The first kappa shape index (κ1) is 15.8. The Bertz CT molecular complexity index is 442. The van der Waals surface area contributed by atoms with E-state index in [1.54, 1.807) is 0 Å². The molecule has 2 spiro atoms. The fraction of sp³-hybridized carbons (Fsp3) is 0.889. The average molecular weight is 303 g/mol. The molecule has 4 heteroatoms. The van der Waals surface area contributed by atoms with Crippen molar-refractivity contribution in [1.82, 2.24) is 10.2 Å². The Morgan fingerprint density at radius 2 is 1.59 bits per heavy atom. The summed E-state index contributed by atoms with van der Waals surface area (Å²) in [7, 11) is 0. The van der Waals surface area contributed by atoms with Crippen LogP contribution in [0.2, 0.25) is 0 Å². The molecule has 1 N–H and O–H groups in total. The van der Waals surface area contributed by atoms with Crippen LogP contribution in [0.1, 0.15) is 77.0 Å². The normalized spacial score (nSPS) is 27.6. The van der Waals surface area contributed by atoms with Gasteiger partial charge in [0.1, 0.15) is 0 Å². The van der Waals surface area contributed by atoms with Crippen LogP contribution >= 0.6 is 0 Å². The van der Waals surface area contributed by atoms with E-state index in [1.807, 2.05) is 4.90 Å². The summed E-state index contributed by atoms with van der Waals surface area (Å²) in [5.74, 6) is 0.270. The summed E-state index contributed by atoms with van der Waals surface area (Å²) in [5, 5.41) is 12.9. The second-order valence-corrected chi connectivity index (χ2v) is 7.71. The molecule has 0 aromatic heterocycles. The summed E-state index contributed by atoms with van der Waals surface area (Å²) in [6, 6.07) is 2.20. The molecule has 0 atom stereocenters. The fourth-order valence-corrected chi connectivity index (χ4v) is 4.93. The van der Waals surface area contributed by atoms with Gasteiger partial charge in [-0.15, -0.1) is 0 Å². The molecule has 1 saturated heterocycles. The first-order valence-electron chi connectivity index (χ1n) is 9.11. The second-order valence-electron chi connectivity index (χ2n) is 7.71. The van der Waals surface area contributed by atoms with Crippen molar-refractivity contribution in [3.8, 4) is 6.07 Å². The van der Waals surface area contributed by atoms with Gasteiger partial charge in [0.15, 0.2) is 0 Å². The smallest absolute Gasteiger partial charge is 0.224 e. The van der Waals surface area contributed by atoms with Crippen LogP contribution in [0.4, 0.5) is 0 Å². The number of hydrogen-bond acceptors (Lipinski definition) is 3. The molecule has 3 aliphatic rings. The van der Waals surface area contributed by atoms with Crippen LogP contribution in [0.15, 0.2) is 0 Å². The number of hydrogen-bond donors (Lipinski definition) is 1. The van der Waals surface area contributed by atoms with Crippen molar-refractivity contribution < 1.29 is 4.79 Å². The minimum atomic E-state index is 0.0358. The molecule has 0 radical (unpaired) electrons. The first-order valence-corrected chi connectivity index (χ1v) is 9.11. The standard InChI is InChI=1S/C18H29N3O/c19-12-7-13-21-15-18(10-5-2-6-11-18)20-17(14-16(21)22)8-3-1-4-9-17/h20H,1-11,13-15H2. The highest BCUT2D eigenvalue weighted by Crippen LogP contribution is 2.40. The molecule has 1 amide bonds. The molecule has 1 aliphatic heterocycles. The van der Waals surface area contributed by atoms with Gasteiger partial charge in [-0.2, -0.15) is 5.26 Å². The summed E-state index contributed by atoms with van der Waals surface area (Å²) in [5.41, 5.74) is 0.144. The Labute approximate surface area is 134 Å². The minimum absolute atomic E-state index is 0.0358. The van der Waals surface area contributed by atoms with Gasteiger partial charge in [0, 0.05) is 30.6 Å². The van der Waals surface area contributed by atoms with Crippen molar-refractivity contribution in [3.05, 3.63) is 0 Å². The van der Waals surface area contributed by atoms with Gasteiger partial charge < -0.3 is 10.2 Å². The molecular weight excluding hydrogens is 274 g/mol. The van der Waals surface area contributed by atoms with Crippen LogP contribution in [0.3, 0.4) is 0 Å². The topological polar surface area (TPSA) is 56.1 Å². The molecule has 0 aromatic rings. The fourth-order valence-electron chi connectivity index (χ4n) is 4.93. The van der Waals surface area contributed by atoms with Crippen molar-refractivity contribution in [1.29, 1.82) is 5.26 Å². The van der Waals surface area contributed by atoms with E-state index in [9.17, 15) is 4.79 Å². The number of carbonyl (C=O) groups excluding carboxylic acids is 1. The van der Waals surface area contributed by atoms with Gasteiger partial charge in [0.05, 0.1) is 12.5 Å². The molecular formula is C18H29N3O. The highest BCUT2D eigenvalue weighted by atomic mass is 16.2. The van der Waals surface area contributed by atoms with E-state index < -0.39 is 0 Å². The van der Waals surface area contributed by atoms with Crippen molar-refractivity contribution in [3.63, 3.8) is 0 Å². The monoisotopic (exact) mass is 303 g/mol. The zero-order chi connectivity index (χ0) is 15.5. The van der Waals surface area contributed by atoms with Crippen LogP contribution in [0, 0.1) is 11.3 Å². The lowest BCUT2D eigenvalue weighted by atomic mass is 9.74. The summed E-state index contributed by atoms with van der Waals surface area (Å²) < 4.78 is 0. The maximum Gasteiger partial charge on any atom is 0.224 e. The third kappa shape index (κ3) is 3.30. The third-order valence-electron chi connectivity index (χ3n) is 5.98. The van der Waals surface area contributed by atoms with Crippen LogP contribution in [0.5, 0.6) is 0 Å². The number of nitrogens with zero attached hydrogens (tertiary/aromatic N) is 2. The van der Waals surface area contributed by atoms with Crippen molar-refractivity contribution in [2.24, 2.45) is 0 Å². The molecule has 0 bridgehead atoms. The Balaban J connectivity index is 1.84. The Morgan fingerprint density at radius 1 is 1.00 bits per heavy atom. The molecule has 2 aliphatic carbocycles. The van der Waals surface area contributed by atoms with E-state index in [4.69, 9.17) is 5.26 Å². The lowest BCUT2D eigenvalue weighted by Gasteiger charge is -2.47. The lowest BCUT2D eigenvalue weighted by Crippen LogP contribution is -2.60. The quantitative estimate of drug-likeness (QED) is 0.852. The molecule has 122 valence electrons. The number of nitrogens with one attached hydrogen (secondary N) is 1. The molecule has 4 nitrogen and oxygen atoms in total. The minimum Gasteiger partial charge on any atom is -0.340 e. The van der Waals surface area contributed by atoms with E-state index in [2.05, 4.69) is 11.4 Å². The number of rotatable bonds is 2. The van der Waals surface area contributed by atoms with E-state index in [-0.39, 0.29) is 17.0 Å². The van der Waals surface area contributed by atoms with Crippen LogP contribution in [-0.4, -0.2) is 35.0 Å². The van der Waals surface area contributed by atoms with Gasteiger partial charge in [-0.3, -0.25) is 4.79 Å². The summed E-state index contributed by atoms with van der Waals surface area (Å²) in [6.45, 7) is 1.42. The van der Waals surface area contributed by atoms with Gasteiger partial charge in [-0.05, 0) is 25.7 Å². The van der Waals surface area contributed by atoms with E-state index in [0.29, 0.717) is 19.4 Å². The number of nitriles is 1. The van der Waals surface area contributed by atoms with Crippen molar-refractivity contribution >= 4 is 5.91 Å². The van der Waals surface area contributed by atoms with Crippen LogP contribution in [0.25, 0.3) is 0 Å². The van der Waals surface area contributed by atoms with E-state index >= 15 is 0 Å². The molecule has 1 heterocycles. The van der Waals surface area contributed by atoms with Crippen LogP contribution in [-0.2, 0) is 4.79 Å². The second kappa shape index (κ2) is 6.58. The summed E-state index contributed by atoms with van der Waals surface area (Å²) in [4.78, 5) is 14.8. The summed E-state index contributed by atoms with van der Waals surface area (Å²) in [6.07, 6.45) is 13.4. The van der Waals surface area contributed by atoms with Gasteiger partial charge in [-0.25, -0.2) is 0 Å². The van der Waals surface area contributed by atoms with E-state index in [0.717, 1.165) is 19.4 Å². The largest absolute Gasteiger partial charge is 0.340 e. The van der Waals surface area contributed by atoms with E-state index in [1.165, 1.54) is 51.4 Å². The van der Waals surface area contributed by atoms with Gasteiger partial charge in [0.25, 0.3) is 0 Å². The van der Waals surface area contributed by atoms with Crippen molar-refractivity contribution in [2.45, 2.75) is 88.1 Å². The zero-order valence-corrected chi connectivity index (χ0v) is 13.7. The molecule has 2 saturated carbocycles. The van der Waals surface area contributed by atoms with Gasteiger partial charge in [-0.1, -0.05) is 38.5 Å². The number of carbonyl (C=O) groups is 1. The third-order valence-corrected chi connectivity index (χ3v) is 5.98. The Morgan fingerprint density at radius 3 is 2.18 bits per heavy atom. The van der Waals surface area contributed by atoms with Gasteiger partial charge >= 0.3 is 0 Å². The maximum absolute atomic E-state index is 12.8. The number of amides is 1. The summed E-state index contributed by atoms with van der Waals surface area (Å²) >= 11 is 0. The Hall–Kier alpha value is -1.08. The first-order chi connectivity index (χ1) is 10.7. The predicted octanol–water partition coefficient (Wildman–Crippen LogP) is 3.13. The Kier molecular flexibility index (Phi) is 4.73. The maximum atomic E-state index is 12.8. The average Bonchev–Trinajstić information content (AvgIpc) is 2.62. The molecule has 3 fully saturated rings. The predicted molar refractivity (Wildman–Crippen MR) is 86.2 cm³/mol. The van der Waals surface area contributed by atoms with Crippen molar-refractivity contribution in [2.75, 3.05) is 13.1 Å². The highest BCUT2D eigenvalue weighted by molar-refractivity contribution is 5.78. The van der Waals surface area contributed by atoms with Gasteiger partial charge in [0.2, 0.25) is 5.91 Å². The SMILES string of the molecule is N#CCCN1CC2(CCCCC2)NC2(CCCCC2)CC1=O. The van der Waals surface area contributed by atoms with Crippen LogP contribution < -0.4 is 5.32 Å². The molecule has 3 rings (SSSR count). The zero-order valence-electron chi connectivity index (χ0n) is 13.7. The highest BCUT2D eigenvalue weighted by Gasteiger charge is 2.47. The molecule has 22 heavy (non-hydrogen) atoms.